The van der Waals surface area contributed by atoms with Crippen molar-refractivity contribution in [2.45, 2.75) is 12.5 Å². The number of oxime groups is 1. The largest absolute Gasteiger partial charge is 0.481 e. The molecule has 0 bridgehead atoms. The molecule has 112 valence electrons. The SMILES string of the molecule is COc1ccc(NC(=O)C2CC(c3ccccc3)=NO2)cn1. The number of pyridine rings is 1. The number of rotatable bonds is 4. The number of amides is 1. The highest BCUT2D eigenvalue weighted by molar-refractivity contribution is 6.06. The van der Waals surface area contributed by atoms with Gasteiger partial charge in [0.2, 0.25) is 12.0 Å². The molecule has 6 heteroatoms. The molecule has 0 radical (unpaired) electrons. The van der Waals surface area contributed by atoms with Gasteiger partial charge in [0.25, 0.3) is 5.91 Å². The summed E-state index contributed by atoms with van der Waals surface area (Å²) in [6.07, 6.45) is 1.35. The van der Waals surface area contributed by atoms with Crippen molar-refractivity contribution in [2.75, 3.05) is 12.4 Å². The van der Waals surface area contributed by atoms with Gasteiger partial charge in [0.05, 0.1) is 24.7 Å². The standard InChI is InChI=1S/C16H15N3O3/c1-21-15-8-7-12(10-17-15)18-16(20)14-9-13(19-22-14)11-5-3-2-4-6-11/h2-8,10,14H,9H2,1H3,(H,18,20). The number of hydrogen-bond acceptors (Lipinski definition) is 5. The van der Waals surface area contributed by atoms with E-state index in [-0.39, 0.29) is 5.91 Å². The van der Waals surface area contributed by atoms with Crippen LogP contribution in [0.2, 0.25) is 0 Å². The van der Waals surface area contributed by atoms with E-state index in [2.05, 4.69) is 15.5 Å². The number of anilines is 1. The van der Waals surface area contributed by atoms with E-state index in [0.29, 0.717) is 18.0 Å². The smallest absolute Gasteiger partial charge is 0.268 e. The molecule has 0 aliphatic carbocycles. The molecule has 1 amide bonds. The second-order valence-electron chi connectivity index (χ2n) is 4.78. The predicted octanol–water partition coefficient (Wildman–Crippen LogP) is 2.22. The fraction of sp³-hybridized carbons (Fsp3) is 0.188. The minimum absolute atomic E-state index is 0.248. The van der Waals surface area contributed by atoms with Crippen LogP contribution in [0.4, 0.5) is 5.69 Å². The molecule has 0 saturated heterocycles. The molecule has 1 aliphatic rings. The molecule has 0 spiro atoms. The maximum absolute atomic E-state index is 12.2. The lowest BCUT2D eigenvalue weighted by atomic mass is 10.0. The van der Waals surface area contributed by atoms with Gasteiger partial charge in [-0.3, -0.25) is 4.79 Å². The van der Waals surface area contributed by atoms with Gasteiger partial charge in [0, 0.05) is 12.5 Å². The van der Waals surface area contributed by atoms with E-state index in [9.17, 15) is 4.79 Å². The molecule has 0 saturated carbocycles. The average molecular weight is 297 g/mol. The van der Waals surface area contributed by atoms with Crippen LogP contribution in [-0.4, -0.2) is 29.8 Å². The molecule has 6 nitrogen and oxygen atoms in total. The fourth-order valence-corrected chi connectivity index (χ4v) is 2.12. The zero-order valence-electron chi connectivity index (χ0n) is 12.0. The van der Waals surface area contributed by atoms with Gasteiger partial charge in [0.15, 0.2) is 0 Å². The van der Waals surface area contributed by atoms with Crippen molar-refractivity contribution >= 4 is 17.3 Å². The van der Waals surface area contributed by atoms with Crippen LogP contribution in [0.25, 0.3) is 0 Å². The van der Waals surface area contributed by atoms with Crippen molar-refractivity contribution in [2.24, 2.45) is 5.16 Å². The first-order valence-electron chi connectivity index (χ1n) is 6.85. The summed E-state index contributed by atoms with van der Waals surface area (Å²) >= 11 is 0. The Kier molecular flexibility index (Phi) is 4.00. The molecule has 1 N–H and O–H groups in total. The first-order valence-corrected chi connectivity index (χ1v) is 6.85. The van der Waals surface area contributed by atoms with E-state index in [1.807, 2.05) is 30.3 Å². The summed E-state index contributed by atoms with van der Waals surface area (Å²) < 4.78 is 4.97. The molecule has 1 atom stereocenters. The first-order chi connectivity index (χ1) is 10.8. The van der Waals surface area contributed by atoms with Crippen LogP contribution < -0.4 is 10.1 Å². The zero-order chi connectivity index (χ0) is 15.4. The lowest BCUT2D eigenvalue weighted by Gasteiger charge is -2.09. The van der Waals surface area contributed by atoms with Crippen molar-refractivity contribution in [1.29, 1.82) is 0 Å². The highest BCUT2D eigenvalue weighted by atomic mass is 16.6. The summed E-state index contributed by atoms with van der Waals surface area (Å²) in [5.74, 6) is 0.242. The van der Waals surface area contributed by atoms with E-state index in [1.54, 1.807) is 12.1 Å². The summed E-state index contributed by atoms with van der Waals surface area (Å²) in [5.41, 5.74) is 2.32. The van der Waals surface area contributed by atoms with Crippen molar-refractivity contribution < 1.29 is 14.4 Å². The highest BCUT2D eigenvalue weighted by Gasteiger charge is 2.28. The van der Waals surface area contributed by atoms with Crippen LogP contribution in [0.15, 0.2) is 53.8 Å². The number of aromatic nitrogens is 1. The van der Waals surface area contributed by atoms with E-state index in [4.69, 9.17) is 9.57 Å². The Balaban J connectivity index is 1.60. The Hall–Kier alpha value is -2.89. The van der Waals surface area contributed by atoms with Crippen molar-refractivity contribution in [3.05, 3.63) is 54.2 Å². The number of carbonyl (C=O) groups is 1. The van der Waals surface area contributed by atoms with Gasteiger partial charge in [-0.1, -0.05) is 35.5 Å². The number of nitrogens with one attached hydrogen (secondary N) is 1. The summed E-state index contributed by atoms with van der Waals surface area (Å²) in [6, 6.07) is 13.1. The fourth-order valence-electron chi connectivity index (χ4n) is 2.12. The van der Waals surface area contributed by atoms with E-state index < -0.39 is 6.10 Å². The van der Waals surface area contributed by atoms with E-state index >= 15 is 0 Å². The van der Waals surface area contributed by atoms with Crippen LogP contribution >= 0.6 is 0 Å². The molecule has 1 aromatic heterocycles. The van der Waals surface area contributed by atoms with E-state index in [0.717, 1.165) is 11.3 Å². The van der Waals surface area contributed by atoms with Gasteiger partial charge in [0.1, 0.15) is 0 Å². The summed E-state index contributed by atoms with van der Waals surface area (Å²) in [7, 11) is 1.54. The summed E-state index contributed by atoms with van der Waals surface area (Å²) in [4.78, 5) is 21.4. The zero-order valence-corrected chi connectivity index (χ0v) is 12.0. The van der Waals surface area contributed by atoms with Crippen molar-refractivity contribution in [3.63, 3.8) is 0 Å². The highest BCUT2D eigenvalue weighted by Crippen LogP contribution is 2.18. The average Bonchev–Trinajstić information content (AvgIpc) is 3.06. The third kappa shape index (κ3) is 3.06. The number of ether oxygens (including phenoxy) is 1. The van der Waals surface area contributed by atoms with Crippen LogP contribution in [-0.2, 0) is 9.63 Å². The second-order valence-corrected chi connectivity index (χ2v) is 4.78. The third-order valence-electron chi connectivity index (χ3n) is 3.28. The number of methoxy groups -OCH3 is 1. The summed E-state index contributed by atoms with van der Waals surface area (Å²) in [5, 5.41) is 6.75. The summed E-state index contributed by atoms with van der Waals surface area (Å²) in [6.45, 7) is 0. The molecular weight excluding hydrogens is 282 g/mol. The Morgan fingerprint density at radius 2 is 2.09 bits per heavy atom. The minimum atomic E-state index is -0.627. The van der Waals surface area contributed by atoms with Crippen LogP contribution in [0.5, 0.6) is 5.88 Å². The quantitative estimate of drug-likeness (QED) is 0.939. The normalized spacial score (nSPS) is 16.6. The molecule has 1 aliphatic heterocycles. The maximum Gasteiger partial charge on any atom is 0.268 e. The van der Waals surface area contributed by atoms with Crippen LogP contribution in [0.1, 0.15) is 12.0 Å². The molecule has 1 unspecified atom stereocenters. The molecule has 3 rings (SSSR count). The molecule has 22 heavy (non-hydrogen) atoms. The first kappa shape index (κ1) is 14.1. The minimum Gasteiger partial charge on any atom is -0.481 e. The predicted molar refractivity (Wildman–Crippen MR) is 81.9 cm³/mol. The van der Waals surface area contributed by atoms with Crippen molar-refractivity contribution in [3.8, 4) is 5.88 Å². The maximum atomic E-state index is 12.2. The lowest BCUT2D eigenvalue weighted by molar-refractivity contribution is -0.125. The third-order valence-corrected chi connectivity index (χ3v) is 3.28. The van der Waals surface area contributed by atoms with Gasteiger partial charge in [-0.05, 0) is 11.6 Å². The van der Waals surface area contributed by atoms with Crippen LogP contribution in [0.3, 0.4) is 0 Å². The van der Waals surface area contributed by atoms with E-state index in [1.165, 1.54) is 13.3 Å². The number of nitrogens with zero attached hydrogens (tertiary/aromatic N) is 2. The Morgan fingerprint density at radius 3 is 2.77 bits per heavy atom. The Morgan fingerprint density at radius 1 is 1.27 bits per heavy atom. The number of carbonyl (C=O) groups excluding carboxylic acids is 1. The van der Waals surface area contributed by atoms with Gasteiger partial charge in [-0.25, -0.2) is 4.98 Å². The molecule has 1 aromatic carbocycles. The monoisotopic (exact) mass is 297 g/mol. The number of benzene rings is 1. The van der Waals surface area contributed by atoms with Gasteiger partial charge >= 0.3 is 0 Å². The molecular formula is C16H15N3O3. The van der Waals surface area contributed by atoms with Crippen LogP contribution in [0, 0.1) is 0 Å². The van der Waals surface area contributed by atoms with Gasteiger partial charge in [-0.2, -0.15) is 0 Å². The van der Waals surface area contributed by atoms with Gasteiger partial charge < -0.3 is 14.9 Å². The molecule has 2 aromatic rings. The Bertz CT molecular complexity index is 684. The molecule has 2 heterocycles. The molecule has 0 fully saturated rings. The van der Waals surface area contributed by atoms with Gasteiger partial charge in [-0.15, -0.1) is 0 Å². The van der Waals surface area contributed by atoms with Crippen molar-refractivity contribution in [1.82, 2.24) is 4.98 Å². The topological polar surface area (TPSA) is 72.8 Å². The second kappa shape index (κ2) is 6.26. The number of hydrogen-bond donors (Lipinski definition) is 1. The lowest BCUT2D eigenvalue weighted by Crippen LogP contribution is -2.28. The Labute approximate surface area is 127 Å².